The van der Waals surface area contributed by atoms with Crippen LogP contribution in [0.25, 0.3) is 0 Å². The number of hydrogen-bond donors (Lipinski definition) is 1. The maximum Gasteiger partial charge on any atom is 0.223 e. The van der Waals surface area contributed by atoms with E-state index in [1.165, 1.54) is 0 Å². The summed E-state index contributed by atoms with van der Waals surface area (Å²) in [6.07, 6.45) is 0.876. The van der Waals surface area contributed by atoms with E-state index < -0.39 is 0 Å². The first-order valence-corrected chi connectivity index (χ1v) is 5.55. The maximum atomic E-state index is 11.4. The molecule has 2 atom stereocenters. The van der Waals surface area contributed by atoms with E-state index in [9.17, 15) is 4.79 Å². The Labute approximate surface area is 98.6 Å². The Balaban J connectivity index is 2.16. The first-order chi connectivity index (χ1) is 7.13. The summed E-state index contributed by atoms with van der Waals surface area (Å²) < 4.78 is 0. The third-order valence-electron chi connectivity index (χ3n) is 2.74. The number of carbonyl (C=O) groups excluding carboxylic acids is 1. The van der Waals surface area contributed by atoms with Crippen LogP contribution in [0, 0.1) is 5.92 Å². The van der Waals surface area contributed by atoms with Crippen LogP contribution >= 0.6 is 23.2 Å². The lowest BCUT2D eigenvalue weighted by Crippen LogP contribution is -2.20. The van der Waals surface area contributed by atoms with Crippen molar-refractivity contribution in [2.45, 2.75) is 12.3 Å². The summed E-state index contributed by atoms with van der Waals surface area (Å²) in [5, 5.41) is 3.93. The van der Waals surface area contributed by atoms with Gasteiger partial charge < -0.3 is 5.32 Å². The molecule has 1 aliphatic carbocycles. The summed E-state index contributed by atoms with van der Waals surface area (Å²) in [5.41, 5.74) is 1.02. The summed E-state index contributed by atoms with van der Waals surface area (Å²) in [6.45, 7) is 0. The van der Waals surface area contributed by atoms with Gasteiger partial charge in [-0.15, -0.1) is 0 Å². The van der Waals surface area contributed by atoms with E-state index >= 15 is 0 Å². The van der Waals surface area contributed by atoms with Crippen LogP contribution in [-0.4, -0.2) is 13.0 Å². The second-order valence-corrected chi connectivity index (χ2v) is 4.57. The molecule has 1 N–H and O–H groups in total. The Morgan fingerprint density at radius 3 is 2.80 bits per heavy atom. The van der Waals surface area contributed by atoms with Gasteiger partial charge in [-0.25, -0.2) is 0 Å². The highest BCUT2D eigenvalue weighted by molar-refractivity contribution is 6.35. The number of nitrogens with one attached hydrogen (secondary N) is 1. The molecule has 0 aromatic heterocycles. The number of halogens is 2. The Kier molecular flexibility index (Phi) is 2.89. The molecule has 0 radical (unpaired) electrons. The highest BCUT2D eigenvalue weighted by atomic mass is 35.5. The first-order valence-electron chi connectivity index (χ1n) is 4.80. The minimum Gasteiger partial charge on any atom is -0.359 e. The smallest absolute Gasteiger partial charge is 0.223 e. The van der Waals surface area contributed by atoms with E-state index in [2.05, 4.69) is 5.32 Å². The zero-order valence-electron chi connectivity index (χ0n) is 8.26. The Bertz CT molecular complexity index is 406. The van der Waals surface area contributed by atoms with Gasteiger partial charge in [-0.2, -0.15) is 0 Å². The van der Waals surface area contributed by atoms with E-state index in [1.807, 2.05) is 12.1 Å². The van der Waals surface area contributed by atoms with Crippen LogP contribution in [0.5, 0.6) is 0 Å². The van der Waals surface area contributed by atoms with E-state index in [0.29, 0.717) is 10.0 Å². The third-order valence-corrected chi connectivity index (χ3v) is 3.30. The number of amides is 1. The molecule has 15 heavy (non-hydrogen) atoms. The molecule has 2 rings (SSSR count). The number of carbonyl (C=O) groups is 1. The molecule has 2 unspecified atom stereocenters. The van der Waals surface area contributed by atoms with Crippen LogP contribution in [-0.2, 0) is 4.79 Å². The van der Waals surface area contributed by atoms with Crippen LogP contribution in [0.2, 0.25) is 10.0 Å². The van der Waals surface area contributed by atoms with Gasteiger partial charge in [-0.1, -0.05) is 29.3 Å². The molecule has 0 spiro atoms. The zero-order valence-corrected chi connectivity index (χ0v) is 9.77. The fourth-order valence-corrected chi connectivity index (χ4v) is 2.36. The summed E-state index contributed by atoms with van der Waals surface area (Å²) >= 11 is 11.9. The van der Waals surface area contributed by atoms with Crippen molar-refractivity contribution in [2.75, 3.05) is 7.05 Å². The third kappa shape index (κ3) is 2.11. The average Bonchev–Trinajstić information content (AvgIpc) is 2.96. The van der Waals surface area contributed by atoms with Crippen LogP contribution in [0.4, 0.5) is 0 Å². The molecule has 2 nitrogen and oxygen atoms in total. The number of rotatable bonds is 2. The molecule has 1 saturated carbocycles. The van der Waals surface area contributed by atoms with Gasteiger partial charge in [0.05, 0.1) is 0 Å². The molecule has 1 aromatic carbocycles. The molecule has 0 heterocycles. The van der Waals surface area contributed by atoms with Gasteiger partial charge in [-0.05, 0) is 30.0 Å². The lowest BCUT2D eigenvalue weighted by atomic mass is 10.1. The summed E-state index contributed by atoms with van der Waals surface area (Å²) in [5.74, 6) is 0.425. The van der Waals surface area contributed by atoms with Crippen LogP contribution in [0.1, 0.15) is 17.9 Å². The Hall–Kier alpha value is -0.730. The average molecular weight is 244 g/mol. The monoisotopic (exact) mass is 243 g/mol. The SMILES string of the molecule is CNC(=O)C1CC1c1ccc(Cl)cc1Cl. The normalized spacial score (nSPS) is 23.7. The molecule has 0 bridgehead atoms. The van der Waals surface area contributed by atoms with Crippen molar-refractivity contribution in [1.82, 2.24) is 5.32 Å². The van der Waals surface area contributed by atoms with E-state index in [0.717, 1.165) is 12.0 Å². The minimum atomic E-state index is 0.0775. The molecule has 80 valence electrons. The summed E-state index contributed by atoms with van der Waals surface area (Å²) in [6, 6.07) is 5.43. The maximum absolute atomic E-state index is 11.4. The van der Waals surface area contributed by atoms with E-state index in [1.54, 1.807) is 13.1 Å². The largest absolute Gasteiger partial charge is 0.359 e. The number of hydrogen-bond acceptors (Lipinski definition) is 1. The molecular weight excluding hydrogens is 233 g/mol. The van der Waals surface area contributed by atoms with Crippen molar-refractivity contribution < 1.29 is 4.79 Å². The van der Waals surface area contributed by atoms with Gasteiger partial charge >= 0.3 is 0 Å². The predicted octanol–water partition coefficient (Wildman–Crippen LogP) is 2.84. The molecule has 1 fully saturated rings. The van der Waals surface area contributed by atoms with Crippen molar-refractivity contribution in [1.29, 1.82) is 0 Å². The molecule has 1 amide bonds. The van der Waals surface area contributed by atoms with Gasteiger partial charge in [0.2, 0.25) is 5.91 Å². The lowest BCUT2D eigenvalue weighted by molar-refractivity contribution is -0.121. The second-order valence-electron chi connectivity index (χ2n) is 3.73. The molecule has 1 aromatic rings. The quantitative estimate of drug-likeness (QED) is 0.851. The fraction of sp³-hybridized carbons (Fsp3) is 0.364. The van der Waals surface area contributed by atoms with Gasteiger partial charge in [0.25, 0.3) is 0 Å². The second kappa shape index (κ2) is 4.03. The molecule has 4 heteroatoms. The topological polar surface area (TPSA) is 29.1 Å². The standard InChI is InChI=1S/C11H11Cl2NO/c1-14-11(15)9-5-8(9)7-3-2-6(12)4-10(7)13/h2-4,8-9H,5H2,1H3,(H,14,15). The fourth-order valence-electron chi connectivity index (χ4n) is 1.82. The van der Waals surface area contributed by atoms with E-state index in [-0.39, 0.29) is 17.7 Å². The molecular formula is C11H11Cl2NO. The molecule has 0 saturated heterocycles. The molecule has 0 aliphatic heterocycles. The van der Waals surface area contributed by atoms with Gasteiger partial charge in [0, 0.05) is 23.0 Å². The first kappa shape index (κ1) is 10.8. The van der Waals surface area contributed by atoms with Crippen molar-refractivity contribution >= 4 is 29.1 Å². The van der Waals surface area contributed by atoms with Crippen LogP contribution < -0.4 is 5.32 Å². The highest BCUT2D eigenvalue weighted by Gasteiger charge is 2.44. The Morgan fingerprint density at radius 2 is 2.20 bits per heavy atom. The van der Waals surface area contributed by atoms with Crippen molar-refractivity contribution in [3.05, 3.63) is 33.8 Å². The van der Waals surface area contributed by atoms with Crippen LogP contribution in [0.15, 0.2) is 18.2 Å². The van der Waals surface area contributed by atoms with Gasteiger partial charge in [0.1, 0.15) is 0 Å². The summed E-state index contributed by atoms with van der Waals surface area (Å²) in [4.78, 5) is 11.4. The van der Waals surface area contributed by atoms with Crippen molar-refractivity contribution in [2.24, 2.45) is 5.92 Å². The zero-order chi connectivity index (χ0) is 11.0. The van der Waals surface area contributed by atoms with E-state index in [4.69, 9.17) is 23.2 Å². The van der Waals surface area contributed by atoms with Crippen LogP contribution in [0.3, 0.4) is 0 Å². The molecule has 1 aliphatic rings. The van der Waals surface area contributed by atoms with Crippen molar-refractivity contribution in [3.8, 4) is 0 Å². The minimum absolute atomic E-state index is 0.0775. The summed E-state index contributed by atoms with van der Waals surface area (Å²) in [7, 11) is 1.65. The highest BCUT2D eigenvalue weighted by Crippen LogP contribution is 2.49. The van der Waals surface area contributed by atoms with Gasteiger partial charge in [-0.3, -0.25) is 4.79 Å². The number of benzene rings is 1. The lowest BCUT2D eigenvalue weighted by Gasteiger charge is -2.03. The van der Waals surface area contributed by atoms with Gasteiger partial charge in [0.15, 0.2) is 0 Å². The predicted molar refractivity (Wildman–Crippen MR) is 61.4 cm³/mol. The Morgan fingerprint density at radius 1 is 1.47 bits per heavy atom. The van der Waals surface area contributed by atoms with Crippen molar-refractivity contribution in [3.63, 3.8) is 0 Å².